The van der Waals surface area contributed by atoms with Crippen LogP contribution >= 0.6 is 15.9 Å². The maximum atomic E-state index is 12.0. The third-order valence-corrected chi connectivity index (χ3v) is 3.44. The number of methoxy groups -OCH3 is 1. The largest absolute Gasteiger partial charge is 0.494 e. The van der Waals surface area contributed by atoms with Gasteiger partial charge in [-0.05, 0) is 24.3 Å². The van der Waals surface area contributed by atoms with Gasteiger partial charge in [-0.2, -0.15) is 0 Å². The zero-order valence-electron chi connectivity index (χ0n) is 12.2. The van der Waals surface area contributed by atoms with Gasteiger partial charge in [-0.25, -0.2) is 0 Å². The molecule has 0 aromatic heterocycles. The predicted molar refractivity (Wildman–Crippen MR) is 90.9 cm³/mol. The summed E-state index contributed by atoms with van der Waals surface area (Å²) < 4.78 is 5.97. The van der Waals surface area contributed by atoms with Crippen molar-refractivity contribution in [3.05, 3.63) is 57.1 Å². The Labute approximate surface area is 140 Å². The fourth-order valence-electron chi connectivity index (χ4n) is 1.87. The molecule has 0 aliphatic heterocycles. The van der Waals surface area contributed by atoms with Crippen molar-refractivity contribution in [3.63, 3.8) is 0 Å². The van der Waals surface area contributed by atoms with Crippen LogP contribution in [0.25, 0.3) is 0 Å². The van der Waals surface area contributed by atoms with E-state index < -0.39 is 4.92 Å². The van der Waals surface area contributed by atoms with Crippen LogP contribution in [0.1, 0.15) is 0 Å². The van der Waals surface area contributed by atoms with Gasteiger partial charge in [0.2, 0.25) is 5.91 Å². The van der Waals surface area contributed by atoms with Gasteiger partial charge >= 0.3 is 0 Å². The smallest absolute Gasteiger partial charge is 0.273 e. The minimum Gasteiger partial charge on any atom is -0.494 e. The van der Waals surface area contributed by atoms with Gasteiger partial charge in [0, 0.05) is 16.2 Å². The molecule has 8 heteroatoms. The molecule has 2 aromatic carbocycles. The molecule has 0 aliphatic rings. The summed E-state index contributed by atoms with van der Waals surface area (Å²) in [6.07, 6.45) is 0. The third-order valence-electron chi connectivity index (χ3n) is 2.95. The zero-order valence-corrected chi connectivity index (χ0v) is 13.8. The molecular weight excluding hydrogens is 366 g/mol. The zero-order chi connectivity index (χ0) is 16.8. The van der Waals surface area contributed by atoms with Gasteiger partial charge in [0.05, 0.1) is 30.3 Å². The molecule has 7 nitrogen and oxygen atoms in total. The molecule has 0 atom stereocenters. The average Bonchev–Trinajstić information content (AvgIpc) is 2.53. The van der Waals surface area contributed by atoms with Gasteiger partial charge in [0.15, 0.2) is 0 Å². The van der Waals surface area contributed by atoms with E-state index in [1.54, 1.807) is 0 Å². The van der Waals surface area contributed by atoms with Gasteiger partial charge in [0.25, 0.3) is 5.69 Å². The Morgan fingerprint density at radius 3 is 2.74 bits per heavy atom. The Balaban J connectivity index is 2.01. The monoisotopic (exact) mass is 379 g/mol. The Morgan fingerprint density at radius 1 is 1.30 bits per heavy atom. The molecule has 120 valence electrons. The highest BCUT2D eigenvalue weighted by atomic mass is 79.9. The highest BCUT2D eigenvalue weighted by Crippen LogP contribution is 2.28. The van der Waals surface area contributed by atoms with E-state index in [4.69, 9.17) is 4.74 Å². The molecule has 0 spiro atoms. The van der Waals surface area contributed by atoms with Crippen LogP contribution in [0.15, 0.2) is 46.9 Å². The fraction of sp³-hybridized carbons (Fsp3) is 0.133. The Kier molecular flexibility index (Phi) is 5.53. The minimum absolute atomic E-state index is 0.0522. The molecular formula is C15H14BrN3O4. The molecule has 0 heterocycles. The lowest BCUT2D eigenvalue weighted by Gasteiger charge is -2.11. The maximum absolute atomic E-state index is 12.0. The number of nitrogens with one attached hydrogen (secondary N) is 2. The van der Waals surface area contributed by atoms with Crippen molar-refractivity contribution in [1.29, 1.82) is 0 Å². The number of nitro benzene ring substituents is 1. The molecule has 0 bridgehead atoms. The summed E-state index contributed by atoms with van der Waals surface area (Å²) in [6.45, 7) is 0.0522. The van der Waals surface area contributed by atoms with Gasteiger partial charge in [-0.3, -0.25) is 14.9 Å². The van der Waals surface area contributed by atoms with Crippen molar-refractivity contribution in [1.82, 2.24) is 0 Å². The van der Waals surface area contributed by atoms with E-state index in [0.29, 0.717) is 5.69 Å². The summed E-state index contributed by atoms with van der Waals surface area (Å²) in [7, 11) is 1.38. The highest BCUT2D eigenvalue weighted by molar-refractivity contribution is 9.10. The number of hydrogen-bond acceptors (Lipinski definition) is 5. The van der Waals surface area contributed by atoms with E-state index in [9.17, 15) is 14.9 Å². The van der Waals surface area contributed by atoms with Crippen LogP contribution in [0.2, 0.25) is 0 Å². The standard InChI is InChI=1S/C15H14BrN3O4/c1-23-14-8-12(19(21)22)5-6-13(14)18-15(20)9-17-11-4-2-3-10(16)7-11/h2-8,17H,9H2,1H3,(H,18,20). The van der Waals surface area contributed by atoms with Gasteiger partial charge in [-0.15, -0.1) is 0 Å². The first-order valence-electron chi connectivity index (χ1n) is 6.61. The van der Waals surface area contributed by atoms with Crippen molar-refractivity contribution in [3.8, 4) is 5.75 Å². The normalized spacial score (nSPS) is 10.0. The summed E-state index contributed by atoms with van der Waals surface area (Å²) in [5.74, 6) is -0.0628. The quantitative estimate of drug-likeness (QED) is 0.592. The van der Waals surface area contributed by atoms with E-state index in [1.165, 1.54) is 25.3 Å². The Morgan fingerprint density at radius 2 is 2.09 bits per heavy atom. The molecule has 23 heavy (non-hydrogen) atoms. The Bertz CT molecular complexity index is 736. The number of ether oxygens (including phenoxy) is 1. The van der Waals surface area contributed by atoms with Crippen LogP contribution < -0.4 is 15.4 Å². The molecule has 2 aromatic rings. The number of amides is 1. The molecule has 0 unspecified atom stereocenters. The van der Waals surface area contributed by atoms with Gasteiger partial charge in [-0.1, -0.05) is 22.0 Å². The number of nitrogens with zero attached hydrogens (tertiary/aromatic N) is 1. The summed E-state index contributed by atoms with van der Waals surface area (Å²) in [4.78, 5) is 22.2. The van der Waals surface area contributed by atoms with E-state index in [2.05, 4.69) is 26.6 Å². The van der Waals surface area contributed by atoms with E-state index in [-0.39, 0.29) is 23.9 Å². The second-order valence-corrected chi connectivity index (χ2v) is 5.47. The number of carbonyl (C=O) groups excluding carboxylic acids is 1. The van der Waals surface area contributed by atoms with Crippen molar-refractivity contribution < 1.29 is 14.5 Å². The van der Waals surface area contributed by atoms with Crippen molar-refractivity contribution in [2.24, 2.45) is 0 Å². The lowest BCUT2D eigenvalue weighted by atomic mass is 10.2. The second-order valence-electron chi connectivity index (χ2n) is 4.55. The fourth-order valence-corrected chi connectivity index (χ4v) is 2.27. The lowest BCUT2D eigenvalue weighted by Crippen LogP contribution is -2.22. The number of rotatable bonds is 6. The minimum atomic E-state index is -0.525. The SMILES string of the molecule is COc1cc([N+](=O)[O-])ccc1NC(=O)CNc1cccc(Br)c1. The number of benzene rings is 2. The van der Waals surface area contributed by atoms with Crippen LogP contribution in [-0.2, 0) is 4.79 Å². The van der Waals surface area contributed by atoms with Crippen LogP contribution in [0, 0.1) is 10.1 Å². The maximum Gasteiger partial charge on any atom is 0.273 e. The summed E-state index contributed by atoms with van der Waals surface area (Å²) in [5, 5.41) is 16.4. The number of nitro groups is 1. The lowest BCUT2D eigenvalue weighted by molar-refractivity contribution is -0.384. The van der Waals surface area contributed by atoms with E-state index in [1.807, 2.05) is 24.3 Å². The topological polar surface area (TPSA) is 93.5 Å². The van der Waals surface area contributed by atoms with E-state index in [0.717, 1.165) is 10.2 Å². The number of carbonyl (C=O) groups is 1. The second kappa shape index (κ2) is 7.59. The van der Waals surface area contributed by atoms with Gasteiger partial charge in [0.1, 0.15) is 5.75 Å². The first-order valence-corrected chi connectivity index (χ1v) is 7.40. The molecule has 0 saturated carbocycles. The highest BCUT2D eigenvalue weighted by Gasteiger charge is 2.13. The Hall–Kier alpha value is -2.61. The van der Waals surface area contributed by atoms with Gasteiger partial charge < -0.3 is 15.4 Å². The van der Waals surface area contributed by atoms with Crippen LogP contribution in [0.4, 0.5) is 17.1 Å². The summed E-state index contributed by atoms with van der Waals surface area (Å²) >= 11 is 3.35. The molecule has 0 saturated heterocycles. The average molecular weight is 380 g/mol. The molecule has 0 aliphatic carbocycles. The van der Waals surface area contributed by atoms with E-state index >= 15 is 0 Å². The van der Waals surface area contributed by atoms with Crippen molar-refractivity contribution in [2.75, 3.05) is 24.3 Å². The first kappa shape index (κ1) is 16.8. The molecule has 0 fully saturated rings. The molecule has 2 rings (SSSR count). The third kappa shape index (κ3) is 4.68. The number of anilines is 2. The molecule has 2 N–H and O–H groups in total. The number of non-ortho nitro benzene ring substituents is 1. The van der Waals surface area contributed by atoms with Crippen molar-refractivity contribution >= 4 is 38.9 Å². The van der Waals surface area contributed by atoms with Crippen LogP contribution in [0.5, 0.6) is 5.75 Å². The summed E-state index contributed by atoms with van der Waals surface area (Å²) in [6, 6.07) is 11.4. The predicted octanol–water partition coefficient (Wildman–Crippen LogP) is 3.42. The molecule has 1 amide bonds. The van der Waals surface area contributed by atoms with Crippen LogP contribution in [0.3, 0.4) is 0 Å². The number of halogens is 1. The van der Waals surface area contributed by atoms with Crippen molar-refractivity contribution in [2.45, 2.75) is 0 Å². The summed E-state index contributed by atoms with van der Waals surface area (Å²) in [5.41, 5.74) is 1.07. The molecule has 0 radical (unpaired) electrons. The number of hydrogen-bond donors (Lipinski definition) is 2. The first-order chi connectivity index (χ1) is 11.0. The van der Waals surface area contributed by atoms with Crippen LogP contribution in [-0.4, -0.2) is 24.5 Å².